The zero-order chi connectivity index (χ0) is 22.4. The molecule has 31 heavy (non-hydrogen) atoms. The minimum Gasteiger partial charge on any atom is -0.490 e. The number of benzene rings is 1. The van der Waals surface area contributed by atoms with Gasteiger partial charge in [-0.3, -0.25) is 4.79 Å². The summed E-state index contributed by atoms with van der Waals surface area (Å²) in [6.45, 7) is 5.99. The highest BCUT2D eigenvalue weighted by Gasteiger charge is 2.25. The lowest BCUT2D eigenvalue weighted by molar-refractivity contribution is -0.121. The van der Waals surface area contributed by atoms with Gasteiger partial charge in [0.2, 0.25) is 5.91 Å². The largest absolute Gasteiger partial charge is 0.490 e. The second-order valence-electron chi connectivity index (χ2n) is 8.05. The summed E-state index contributed by atoms with van der Waals surface area (Å²) in [4.78, 5) is 25.4. The van der Waals surface area contributed by atoms with E-state index >= 15 is 0 Å². The van der Waals surface area contributed by atoms with Crippen LogP contribution in [0.3, 0.4) is 0 Å². The molecule has 170 valence electrons. The Kier molecular flexibility index (Phi) is 8.16. The number of amides is 3. The summed E-state index contributed by atoms with van der Waals surface area (Å²) in [5, 5.41) is 2.68. The number of nitrogens with one attached hydrogen (secondary N) is 2. The first-order chi connectivity index (χ1) is 14.8. The van der Waals surface area contributed by atoms with Crippen LogP contribution >= 0.6 is 12.8 Å². The van der Waals surface area contributed by atoms with E-state index in [0.717, 1.165) is 37.8 Å². The van der Waals surface area contributed by atoms with Crippen LogP contribution in [-0.4, -0.2) is 47.5 Å². The summed E-state index contributed by atoms with van der Waals surface area (Å²) in [5.74, 6) is -0.457. The number of unbranched alkanes of at least 4 members (excludes halogenated alkanes) is 2. The Bertz CT molecular complexity index is 820. The average Bonchev–Trinajstić information content (AvgIpc) is 3.49. The van der Waals surface area contributed by atoms with Gasteiger partial charge in [0.15, 0.2) is 11.6 Å². The van der Waals surface area contributed by atoms with E-state index < -0.39 is 17.8 Å². The summed E-state index contributed by atoms with van der Waals surface area (Å²) in [6.07, 6.45) is 4.73. The third-order valence-corrected chi connectivity index (χ3v) is 5.59. The third kappa shape index (κ3) is 7.12. The zero-order valence-corrected chi connectivity index (χ0v) is 18.4. The molecule has 0 spiro atoms. The smallest absolute Gasteiger partial charge is 0.321 e. The van der Waals surface area contributed by atoms with E-state index in [1.54, 1.807) is 4.90 Å². The summed E-state index contributed by atoms with van der Waals surface area (Å²) in [5.41, 5.74) is 9.75. The van der Waals surface area contributed by atoms with Gasteiger partial charge in [-0.1, -0.05) is 31.9 Å². The van der Waals surface area contributed by atoms with Crippen molar-refractivity contribution in [3.05, 3.63) is 41.9 Å². The molecule has 1 atom stereocenters. The van der Waals surface area contributed by atoms with Gasteiger partial charge in [0.1, 0.15) is 6.04 Å². The van der Waals surface area contributed by atoms with E-state index in [4.69, 9.17) is 10.5 Å². The van der Waals surface area contributed by atoms with Crippen LogP contribution in [0.25, 0.3) is 0 Å². The monoisotopic (exact) mass is 451 g/mol. The van der Waals surface area contributed by atoms with Crippen LogP contribution in [0.4, 0.5) is 9.18 Å². The molecule has 0 radical (unpaired) electrons. The van der Waals surface area contributed by atoms with Crippen molar-refractivity contribution in [2.75, 3.05) is 26.2 Å². The molecule has 4 N–H and O–H groups in total. The van der Waals surface area contributed by atoms with E-state index in [1.165, 1.54) is 22.6 Å². The average molecular weight is 452 g/mol. The molecule has 1 aromatic carbocycles. The number of nitrogens with zero attached hydrogens (tertiary/aromatic N) is 2. The number of rotatable bonds is 13. The lowest BCUT2D eigenvalue weighted by atomic mass is 10.1. The van der Waals surface area contributed by atoms with Gasteiger partial charge in [-0.2, -0.15) is 4.41 Å². The van der Waals surface area contributed by atoms with Gasteiger partial charge in [-0.05, 0) is 49.3 Å². The first-order valence-electron chi connectivity index (χ1n) is 10.5. The highest BCUT2D eigenvalue weighted by molar-refractivity contribution is 7.77. The Morgan fingerprint density at radius 3 is 2.84 bits per heavy atom. The summed E-state index contributed by atoms with van der Waals surface area (Å²) in [6, 6.07) is 3.34. The molecule has 2 fully saturated rings. The summed E-state index contributed by atoms with van der Waals surface area (Å²) >= 11 is 4.38. The van der Waals surface area contributed by atoms with Crippen LogP contribution < -0.4 is 21.2 Å². The molecule has 1 aliphatic carbocycles. The predicted octanol–water partition coefficient (Wildman–Crippen LogP) is 2.50. The first kappa shape index (κ1) is 23.4. The van der Waals surface area contributed by atoms with Gasteiger partial charge in [0.25, 0.3) is 0 Å². The van der Waals surface area contributed by atoms with Crippen LogP contribution in [0, 0.1) is 11.7 Å². The number of nitrogens with two attached hydrogens (primary N) is 1. The molecular weight excluding hydrogens is 421 g/mol. The maximum atomic E-state index is 14.0. The van der Waals surface area contributed by atoms with Gasteiger partial charge in [-0.25, -0.2) is 14.6 Å². The van der Waals surface area contributed by atoms with E-state index in [9.17, 15) is 14.0 Å². The fourth-order valence-corrected chi connectivity index (χ4v) is 3.57. The Morgan fingerprint density at radius 2 is 2.19 bits per heavy atom. The molecule has 1 saturated carbocycles. The molecule has 1 aromatic rings. The molecule has 2 aliphatic rings. The molecule has 0 bridgehead atoms. The first-order valence-corrected chi connectivity index (χ1v) is 10.9. The van der Waals surface area contributed by atoms with Crippen molar-refractivity contribution >= 4 is 24.8 Å². The van der Waals surface area contributed by atoms with Gasteiger partial charge >= 0.3 is 6.03 Å². The number of hydrogen-bond acceptors (Lipinski definition) is 6. The fraction of sp³-hybridized carbons (Fsp3) is 0.524. The highest BCUT2D eigenvalue weighted by atomic mass is 32.1. The Labute approximate surface area is 187 Å². The predicted molar refractivity (Wildman–Crippen MR) is 118 cm³/mol. The molecule has 1 heterocycles. The summed E-state index contributed by atoms with van der Waals surface area (Å²) < 4.78 is 21.1. The van der Waals surface area contributed by atoms with Crippen LogP contribution in [0.2, 0.25) is 0 Å². The van der Waals surface area contributed by atoms with Gasteiger partial charge in [0, 0.05) is 18.8 Å². The number of halogens is 1. The Hall–Kier alpha value is -2.30. The lowest BCUT2D eigenvalue weighted by Gasteiger charge is -2.23. The maximum Gasteiger partial charge on any atom is 0.321 e. The molecule has 8 nitrogen and oxygen atoms in total. The maximum absolute atomic E-state index is 14.0. The number of urea groups is 1. The van der Waals surface area contributed by atoms with E-state index in [2.05, 4.69) is 30.1 Å². The lowest BCUT2D eigenvalue weighted by Crippen LogP contribution is -2.41. The minimum atomic E-state index is -0.860. The zero-order valence-electron chi connectivity index (χ0n) is 17.5. The highest BCUT2D eigenvalue weighted by Crippen LogP contribution is 2.31. The van der Waals surface area contributed by atoms with Crippen molar-refractivity contribution in [1.82, 2.24) is 20.1 Å². The molecular formula is C21H30FN5O3S. The third-order valence-electron chi connectivity index (χ3n) is 5.27. The minimum absolute atomic E-state index is 0.105. The second-order valence-corrected chi connectivity index (χ2v) is 8.53. The molecule has 3 rings (SSSR count). The number of hydrogen-bond donors (Lipinski definition) is 4. The van der Waals surface area contributed by atoms with Gasteiger partial charge in [0.05, 0.1) is 13.2 Å². The van der Waals surface area contributed by atoms with Crippen LogP contribution in [0.5, 0.6) is 5.75 Å². The van der Waals surface area contributed by atoms with Crippen molar-refractivity contribution in [2.24, 2.45) is 11.7 Å². The van der Waals surface area contributed by atoms with Crippen molar-refractivity contribution in [2.45, 2.75) is 38.1 Å². The van der Waals surface area contributed by atoms with Gasteiger partial charge in [-0.15, -0.1) is 0 Å². The van der Waals surface area contributed by atoms with Crippen molar-refractivity contribution in [3.63, 3.8) is 0 Å². The van der Waals surface area contributed by atoms with Crippen molar-refractivity contribution in [1.29, 1.82) is 0 Å². The standard InChI is InChI=1S/C21H30FN5O3S/c1-14-12-26(21(29)24-14)9-3-2-4-10-27(31)25-19(20(23)28)16-7-8-17(22)18(11-16)30-13-15-5-6-15/h7-8,11,15,19,25,31H,1-6,9-10,12-13H2,(H2,23,28)(H,24,29). The quantitative estimate of drug-likeness (QED) is 0.210. The topological polar surface area (TPSA) is 99.9 Å². The van der Waals surface area contributed by atoms with E-state index in [1.807, 2.05) is 0 Å². The number of hydrazine groups is 1. The van der Waals surface area contributed by atoms with Gasteiger partial charge < -0.3 is 20.7 Å². The normalized spacial score (nSPS) is 17.2. The van der Waals surface area contributed by atoms with E-state index in [-0.39, 0.29) is 11.8 Å². The molecule has 10 heteroatoms. The molecule has 1 saturated heterocycles. The van der Waals surface area contributed by atoms with Crippen LogP contribution in [0.1, 0.15) is 43.7 Å². The molecule has 3 amide bonds. The number of carbonyl (C=O) groups is 2. The SMILES string of the molecule is C=C1CN(CCCCCN(S)NC(C(N)=O)c2ccc(F)c(OCC3CC3)c2)C(=O)N1. The second kappa shape index (κ2) is 10.8. The van der Waals surface area contributed by atoms with Crippen molar-refractivity contribution < 1.29 is 18.7 Å². The molecule has 0 aromatic heterocycles. The van der Waals surface area contributed by atoms with Crippen molar-refractivity contribution in [3.8, 4) is 5.75 Å². The summed E-state index contributed by atoms with van der Waals surface area (Å²) in [7, 11) is 0. The van der Waals surface area contributed by atoms with Crippen LogP contribution in [-0.2, 0) is 4.79 Å². The number of primary amides is 1. The molecule has 1 aliphatic heterocycles. The number of ether oxygens (including phenoxy) is 1. The van der Waals surface area contributed by atoms with E-state index in [0.29, 0.717) is 37.7 Å². The molecule has 1 unspecified atom stereocenters. The Morgan fingerprint density at radius 1 is 1.42 bits per heavy atom. The number of thiol groups is 1. The fourth-order valence-electron chi connectivity index (χ4n) is 3.31. The number of carbonyl (C=O) groups excluding carboxylic acids is 2. The van der Waals surface area contributed by atoms with Crippen LogP contribution in [0.15, 0.2) is 30.5 Å². The Balaban J connectivity index is 1.44.